The van der Waals surface area contributed by atoms with Crippen LogP contribution >= 0.6 is 0 Å². The molecule has 0 saturated heterocycles. The van der Waals surface area contributed by atoms with E-state index < -0.39 is 0 Å². The zero-order valence-electron chi connectivity index (χ0n) is 13.7. The van der Waals surface area contributed by atoms with E-state index in [1.807, 2.05) is 44.6 Å². The van der Waals surface area contributed by atoms with Gasteiger partial charge >= 0.3 is 0 Å². The molecule has 2 aromatic carbocycles. The average Bonchev–Trinajstić information content (AvgIpc) is 2.59. The maximum atomic E-state index is 5.48. The molecule has 3 aromatic rings. The first-order valence-corrected chi connectivity index (χ1v) is 7.56. The number of pyridine rings is 1. The van der Waals surface area contributed by atoms with Crippen LogP contribution in [-0.2, 0) is 0 Å². The van der Waals surface area contributed by atoms with Gasteiger partial charge in [0.05, 0.1) is 12.6 Å². The number of aromatic nitrogens is 1. The maximum Gasteiger partial charge on any atom is 0.128 e. The number of benzene rings is 2. The summed E-state index contributed by atoms with van der Waals surface area (Å²) in [6, 6.07) is 16.4. The minimum atomic E-state index is 0.846. The Morgan fingerprint density at radius 2 is 1.74 bits per heavy atom. The summed E-state index contributed by atoms with van der Waals surface area (Å²) in [6.07, 6.45) is 6.05. The summed E-state index contributed by atoms with van der Waals surface area (Å²) in [5, 5.41) is 1.04. The van der Waals surface area contributed by atoms with Crippen LogP contribution in [0, 0.1) is 0 Å². The van der Waals surface area contributed by atoms with Crippen LogP contribution in [0.15, 0.2) is 54.7 Å². The Morgan fingerprint density at radius 3 is 2.43 bits per heavy atom. The molecule has 0 aliphatic heterocycles. The number of hydrogen-bond donors (Lipinski definition) is 0. The number of methoxy groups -OCH3 is 1. The standard InChI is InChI=1S/C20H20N2O/c1-22(2)17-11-8-15(9-12-17)7-10-16-13-14-21-18-5-4-6-19(23-3)20(16)18/h4-14H,1-3H3/b10-7-. The van der Waals surface area contributed by atoms with Gasteiger partial charge in [-0.1, -0.05) is 30.4 Å². The Hall–Kier alpha value is -2.81. The molecule has 3 heteroatoms. The highest BCUT2D eigenvalue weighted by atomic mass is 16.5. The first-order valence-electron chi connectivity index (χ1n) is 7.56. The van der Waals surface area contributed by atoms with Crippen LogP contribution in [0.4, 0.5) is 5.69 Å². The molecule has 0 spiro atoms. The molecule has 116 valence electrons. The molecule has 0 amide bonds. The molecule has 0 fully saturated rings. The normalized spacial score (nSPS) is 11.1. The molecule has 1 heterocycles. The van der Waals surface area contributed by atoms with Gasteiger partial charge in [-0.2, -0.15) is 0 Å². The Bertz CT molecular complexity index is 831. The number of anilines is 1. The van der Waals surface area contributed by atoms with Crippen molar-refractivity contribution >= 4 is 28.7 Å². The fourth-order valence-corrected chi connectivity index (χ4v) is 2.58. The van der Waals surface area contributed by atoms with Crippen molar-refractivity contribution in [1.82, 2.24) is 4.98 Å². The van der Waals surface area contributed by atoms with E-state index >= 15 is 0 Å². The summed E-state index contributed by atoms with van der Waals surface area (Å²) in [4.78, 5) is 6.51. The van der Waals surface area contributed by atoms with Crippen LogP contribution < -0.4 is 9.64 Å². The van der Waals surface area contributed by atoms with Gasteiger partial charge in [0.1, 0.15) is 5.75 Å². The summed E-state index contributed by atoms with van der Waals surface area (Å²) < 4.78 is 5.48. The summed E-state index contributed by atoms with van der Waals surface area (Å²) in [6.45, 7) is 0. The first kappa shape index (κ1) is 15.1. The molecule has 3 nitrogen and oxygen atoms in total. The summed E-state index contributed by atoms with van der Waals surface area (Å²) in [5.41, 5.74) is 4.40. The summed E-state index contributed by atoms with van der Waals surface area (Å²) in [5.74, 6) is 0.846. The molecule has 0 atom stereocenters. The molecule has 23 heavy (non-hydrogen) atoms. The number of nitrogens with zero attached hydrogens (tertiary/aromatic N) is 2. The third-order valence-electron chi connectivity index (χ3n) is 3.85. The lowest BCUT2D eigenvalue weighted by atomic mass is 10.1. The van der Waals surface area contributed by atoms with Crippen molar-refractivity contribution in [2.75, 3.05) is 26.1 Å². The largest absolute Gasteiger partial charge is 0.496 e. The van der Waals surface area contributed by atoms with Gasteiger partial charge in [-0.05, 0) is 41.5 Å². The number of fused-ring (bicyclic) bond motifs is 1. The highest BCUT2D eigenvalue weighted by Crippen LogP contribution is 2.28. The smallest absolute Gasteiger partial charge is 0.128 e. The zero-order chi connectivity index (χ0) is 16.2. The van der Waals surface area contributed by atoms with E-state index in [0.717, 1.165) is 27.8 Å². The third kappa shape index (κ3) is 3.19. The van der Waals surface area contributed by atoms with Gasteiger partial charge in [-0.15, -0.1) is 0 Å². The van der Waals surface area contributed by atoms with Crippen molar-refractivity contribution in [3.63, 3.8) is 0 Å². The van der Waals surface area contributed by atoms with Crippen LogP contribution in [0.1, 0.15) is 11.1 Å². The molecule has 1 aromatic heterocycles. The molecule has 0 saturated carbocycles. The van der Waals surface area contributed by atoms with Crippen molar-refractivity contribution < 1.29 is 4.74 Å². The van der Waals surface area contributed by atoms with Gasteiger partial charge in [0.2, 0.25) is 0 Å². The van der Waals surface area contributed by atoms with Gasteiger partial charge in [0, 0.05) is 31.4 Å². The molecular formula is C20H20N2O. The van der Waals surface area contributed by atoms with Gasteiger partial charge in [0.15, 0.2) is 0 Å². The Labute approximate surface area is 136 Å². The van der Waals surface area contributed by atoms with E-state index in [4.69, 9.17) is 4.74 Å². The summed E-state index contributed by atoms with van der Waals surface area (Å²) >= 11 is 0. The lowest BCUT2D eigenvalue weighted by Crippen LogP contribution is -2.07. The van der Waals surface area contributed by atoms with Crippen LogP contribution in [0.25, 0.3) is 23.1 Å². The van der Waals surface area contributed by atoms with Crippen molar-refractivity contribution in [3.05, 3.63) is 65.9 Å². The fraction of sp³-hybridized carbons (Fsp3) is 0.150. The Morgan fingerprint density at radius 1 is 0.957 bits per heavy atom. The second kappa shape index (κ2) is 6.53. The number of ether oxygens (including phenoxy) is 1. The van der Waals surface area contributed by atoms with Gasteiger partial charge in [-0.3, -0.25) is 4.98 Å². The van der Waals surface area contributed by atoms with Crippen LogP contribution in [-0.4, -0.2) is 26.2 Å². The van der Waals surface area contributed by atoms with Gasteiger partial charge < -0.3 is 9.64 Å². The highest BCUT2D eigenvalue weighted by Gasteiger charge is 2.05. The molecule has 3 rings (SSSR count). The van der Waals surface area contributed by atoms with E-state index in [1.165, 1.54) is 5.69 Å². The maximum absolute atomic E-state index is 5.48. The van der Waals surface area contributed by atoms with Gasteiger partial charge in [0.25, 0.3) is 0 Å². The van der Waals surface area contributed by atoms with Crippen LogP contribution in [0.3, 0.4) is 0 Å². The zero-order valence-corrected chi connectivity index (χ0v) is 13.7. The molecule has 0 unspecified atom stereocenters. The molecule has 0 bridgehead atoms. The minimum absolute atomic E-state index is 0.846. The molecule has 0 aliphatic rings. The van der Waals surface area contributed by atoms with Crippen molar-refractivity contribution in [3.8, 4) is 5.75 Å². The first-order chi connectivity index (χ1) is 11.2. The predicted octanol–water partition coefficient (Wildman–Crippen LogP) is 4.48. The molecule has 0 aliphatic carbocycles. The van der Waals surface area contributed by atoms with Crippen molar-refractivity contribution in [2.45, 2.75) is 0 Å². The summed E-state index contributed by atoms with van der Waals surface area (Å²) in [7, 11) is 5.77. The van der Waals surface area contributed by atoms with Crippen molar-refractivity contribution in [1.29, 1.82) is 0 Å². The van der Waals surface area contributed by atoms with Crippen LogP contribution in [0.2, 0.25) is 0 Å². The lowest BCUT2D eigenvalue weighted by molar-refractivity contribution is 0.419. The monoisotopic (exact) mass is 304 g/mol. The molecule has 0 radical (unpaired) electrons. The van der Waals surface area contributed by atoms with Gasteiger partial charge in [-0.25, -0.2) is 0 Å². The lowest BCUT2D eigenvalue weighted by Gasteiger charge is -2.11. The van der Waals surface area contributed by atoms with E-state index in [9.17, 15) is 0 Å². The fourth-order valence-electron chi connectivity index (χ4n) is 2.58. The third-order valence-corrected chi connectivity index (χ3v) is 3.85. The second-order valence-electron chi connectivity index (χ2n) is 5.57. The van der Waals surface area contributed by atoms with Crippen molar-refractivity contribution in [2.24, 2.45) is 0 Å². The number of rotatable bonds is 4. The highest BCUT2D eigenvalue weighted by molar-refractivity contribution is 5.94. The Balaban J connectivity index is 1.97. The Kier molecular flexibility index (Phi) is 4.29. The molecule has 0 N–H and O–H groups in total. The molecular weight excluding hydrogens is 284 g/mol. The van der Waals surface area contributed by atoms with Crippen LogP contribution in [0.5, 0.6) is 5.75 Å². The average molecular weight is 304 g/mol. The quantitative estimate of drug-likeness (QED) is 0.710. The second-order valence-corrected chi connectivity index (χ2v) is 5.57. The topological polar surface area (TPSA) is 25.4 Å². The predicted molar refractivity (Wildman–Crippen MR) is 98.0 cm³/mol. The van der Waals surface area contributed by atoms with E-state index in [0.29, 0.717) is 0 Å². The minimum Gasteiger partial charge on any atom is -0.496 e. The number of hydrogen-bond acceptors (Lipinski definition) is 3. The SMILES string of the molecule is COc1cccc2nccc(/C=C\c3ccc(N(C)C)cc3)c12. The van der Waals surface area contributed by atoms with E-state index in [-0.39, 0.29) is 0 Å². The van der Waals surface area contributed by atoms with E-state index in [1.54, 1.807) is 7.11 Å². The van der Waals surface area contributed by atoms with E-state index in [2.05, 4.69) is 46.3 Å².